The number of nitrogens with two attached hydrogens (primary N) is 1. The molecule has 0 saturated heterocycles. The van der Waals surface area contributed by atoms with Crippen molar-refractivity contribution in [3.05, 3.63) is 47.5 Å². The van der Waals surface area contributed by atoms with E-state index >= 15 is 0 Å². The van der Waals surface area contributed by atoms with Crippen molar-refractivity contribution in [3.8, 4) is 22.6 Å². The summed E-state index contributed by atoms with van der Waals surface area (Å²) in [5.41, 5.74) is 6.34. The molecule has 0 unspecified atom stereocenters. The van der Waals surface area contributed by atoms with Crippen LogP contribution >= 0.6 is 0 Å². The van der Waals surface area contributed by atoms with E-state index in [9.17, 15) is 13.2 Å². The Morgan fingerprint density at radius 3 is 2.60 bits per heavy atom. The quantitative estimate of drug-likeness (QED) is 0.872. The third-order valence-corrected chi connectivity index (χ3v) is 4.20. The van der Waals surface area contributed by atoms with Gasteiger partial charge >= 0.3 is 6.18 Å². The van der Waals surface area contributed by atoms with Crippen LogP contribution in [0.25, 0.3) is 11.1 Å². The van der Waals surface area contributed by atoms with Crippen molar-refractivity contribution >= 4 is 0 Å². The SMILES string of the molecule is C.COc1ccc(-c2cccc3c2O[C@@H](CN)CC3)c(C(F)(F)F)c1. The molecule has 0 aromatic heterocycles. The molecular formula is C19H22F3NO2. The molecule has 0 fully saturated rings. The monoisotopic (exact) mass is 353 g/mol. The lowest BCUT2D eigenvalue weighted by Gasteiger charge is -2.28. The molecule has 0 saturated carbocycles. The number of hydrogen-bond acceptors (Lipinski definition) is 3. The number of rotatable bonds is 3. The van der Waals surface area contributed by atoms with Gasteiger partial charge in [0.1, 0.15) is 17.6 Å². The molecule has 1 aliphatic heterocycles. The smallest absolute Gasteiger partial charge is 0.417 e. The Morgan fingerprint density at radius 2 is 1.96 bits per heavy atom. The number of aryl methyl sites for hydroxylation is 1. The highest BCUT2D eigenvalue weighted by molar-refractivity contribution is 5.76. The summed E-state index contributed by atoms with van der Waals surface area (Å²) in [6, 6.07) is 9.24. The predicted octanol–water partition coefficient (Wildman–Crippen LogP) is 4.67. The summed E-state index contributed by atoms with van der Waals surface area (Å²) in [5, 5.41) is 0. The molecule has 6 heteroatoms. The maximum absolute atomic E-state index is 13.5. The van der Waals surface area contributed by atoms with Crippen molar-refractivity contribution < 1.29 is 22.6 Å². The first-order valence-electron chi connectivity index (χ1n) is 7.68. The van der Waals surface area contributed by atoms with Crippen LogP contribution in [0.3, 0.4) is 0 Å². The topological polar surface area (TPSA) is 44.5 Å². The van der Waals surface area contributed by atoms with E-state index in [1.54, 1.807) is 12.1 Å². The lowest BCUT2D eigenvalue weighted by Crippen LogP contribution is -2.30. The lowest BCUT2D eigenvalue weighted by molar-refractivity contribution is -0.137. The van der Waals surface area contributed by atoms with Gasteiger partial charge in [-0.3, -0.25) is 0 Å². The standard InChI is InChI=1S/C18H18F3NO2.CH4/c1-23-12-7-8-14(16(9-12)18(19,20)21)15-4-2-3-11-5-6-13(10-22)24-17(11)15;/h2-4,7-9,13H,5-6,10,22H2,1H3;1H4/t13-;/m1./s1. The highest BCUT2D eigenvalue weighted by Gasteiger charge is 2.35. The first-order valence-corrected chi connectivity index (χ1v) is 7.68. The fourth-order valence-corrected chi connectivity index (χ4v) is 2.96. The minimum absolute atomic E-state index is 0. The zero-order chi connectivity index (χ0) is 17.3. The van der Waals surface area contributed by atoms with Crippen LogP contribution in [0.15, 0.2) is 36.4 Å². The summed E-state index contributed by atoms with van der Waals surface area (Å²) in [7, 11) is 1.34. The minimum atomic E-state index is -4.49. The van der Waals surface area contributed by atoms with Gasteiger partial charge in [-0.05, 0) is 42.2 Å². The van der Waals surface area contributed by atoms with Gasteiger partial charge in [0.25, 0.3) is 0 Å². The van der Waals surface area contributed by atoms with E-state index in [-0.39, 0.29) is 24.8 Å². The molecule has 3 rings (SSSR count). The summed E-state index contributed by atoms with van der Waals surface area (Å²) >= 11 is 0. The summed E-state index contributed by atoms with van der Waals surface area (Å²) in [5.74, 6) is 0.659. The van der Waals surface area contributed by atoms with Crippen LogP contribution in [-0.4, -0.2) is 19.8 Å². The molecule has 0 radical (unpaired) electrons. The van der Waals surface area contributed by atoms with Gasteiger partial charge in [0.2, 0.25) is 0 Å². The molecule has 0 amide bonds. The second kappa shape index (κ2) is 7.35. The predicted molar refractivity (Wildman–Crippen MR) is 92.0 cm³/mol. The van der Waals surface area contributed by atoms with E-state index in [1.807, 2.05) is 6.07 Å². The molecule has 3 nitrogen and oxygen atoms in total. The third kappa shape index (κ3) is 3.74. The normalized spacial score (nSPS) is 16.4. The Kier molecular flexibility index (Phi) is 5.62. The molecule has 1 atom stereocenters. The summed E-state index contributed by atoms with van der Waals surface area (Å²) in [4.78, 5) is 0. The molecule has 0 bridgehead atoms. The largest absolute Gasteiger partial charge is 0.497 e. The van der Waals surface area contributed by atoms with Gasteiger partial charge in [-0.2, -0.15) is 13.2 Å². The van der Waals surface area contributed by atoms with Crippen LogP contribution in [-0.2, 0) is 12.6 Å². The third-order valence-electron chi connectivity index (χ3n) is 4.20. The number of para-hydroxylation sites is 1. The second-order valence-corrected chi connectivity index (χ2v) is 5.72. The first kappa shape index (κ1) is 19.1. The van der Waals surface area contributed by atoms with E-state index in [2.05, 4.69) is 0 Å². The second-order valence-electron chi connectivity index (χ2n) is 5.72. The number of methoxy groups -OCH3 is 1. The average Bonchev–Trinajstić information content (AvgIpc) is 2.59. The van der Waals surface area contributed by atoms with E-state index in [4.69, 9.17) is 15.2 Å². The zero-order valence-corrected chi connectivity index (χ0v) is 13.2. The number of benzene rings is 2. The van der Waals surface area contributed by atoms with Gasteiger partial charge in [0.05, 0.1) is 12.7 Å². The Balaban J connectivity index is 0.00000225. The molecule has 136 valence electrons. The van der Waals surface area contributed by atoms with Crippen molar-refractivity contribution in [2.75, 3.05) is 13.7 Å². The zero-order valence-electron chi connectivity index (χ0n) is 13.2. The van der Waals surface area contributed by atoms with Gasteiger partial charge in [0, 0.05) is 12.1 Å². The van der Waals surface area contributed by atoms with E-state index in [1.165, 1.54) is 19.2 Å². The lowest BCUT2D eigenvalue weighted by atomic mass is 9.93. The summed E-state index contributed by atoms with van der Waals surface area (Å²) < 4.78 is 51.3. The summed E-state index contributed by atoms with van der Waals surface area (Å²) in [6.07, 6.45) is -3.16. The first-order chi connectivity index (χ1) is 11.4. The molecule has 1 heterocycles. The van der Waals surface area contributed by atoms with Crippen molar-refractivity contribution in [1.29, 1.82) is 0 Å². The van der Waals surface area contributed by atoms with Crippen molar-refractivity contribution in [1.82, 2.24) is 0 Å². The van der Waals surface area contributed by atoms with Crippen molar-refractivity contribution in [2.45, 2.75) is 32.5 Å². The number of alkyl halides is 3. The Labute approximate surface area is 145 Å². The van der Waals surface area contributed by atoms with E-state index in [0.717, 1.165) is 24.5 Å². The number of hydrogen-bond donors (Lipinski definition) is 1. The molecule has 2 aromatic carbocycles. The fourth-order valence-electron chi connectivity index (χ4n) is 2.96. The maximum Gasteiger partial charge on any atom is 0.417 e. The van der Waals surface area contributed by atoms with Crippen LogP contribution in [0, 0.1) is 0 Å². The van der Waals surface area contributed by atoms with E-state index < -0.39 is 11.7 Å². The van der Waals surface area contributed by atoms with Crippen LogP contribution in [0.5, 0.6) is 11.5 Å². The maximum atomic E-state index is 13.5. The Hall–Kier alpha value is -2.21. The molecule has 2 aromatic rings. The average molecular weight is 353 g/mol. The van der Waals surface area contributed by atoms with E-state index in [0.29, 0.717) is 17.9 Å². The molecule has 1 aliphatic rings. The molecule has 25 heavy (non-hydrogen) atoms. The van der Waals surface area contributed by atoms with Crippen LogP contribution in [0.1, 0.15) is 25.0 Å². The van der Waals surface area contributed by atoms with Gasteiger partial charge in [-0.15, -0.1) is 0 Å². The molecular weight excluding hydrogens is 331 g/mol. The molecule has 0 spiro atoms. The van der Waals surface area contributed by atoms with Crippen LogP contribution in [0.4, 0.5) is 13.2 Å². The van der Waals surface area contributed by atoms with Gasteiger partial charge in [-0.1, -0.05) is 25.6 Å². The van der Waals surface area contributed by atoms with Gasteiger partial charge < -0.3 is 15.2 Å². The minimum Gasteiger partial charge on any atom is -0.497 e. The van der Waals surface area contributed by atoms with Crippen LogP contribution in [0.2, 0.25) is 0 Å². The van der Waals surface area contributed by atoms with Crippen LogP contribution < -0.4 is 15.2 Å². The summed E-state index contributed by atoms with van der Waals surface area (Å²) in [6.45, 7) is 0.336. The van der Waals surface area contributed by atoms with Crippen molar-refractivity contribution in [3.63, 3.8) is 0 Å². The Bertz CT molecular complexity index is 744. The fraction of sp³-hybridized carbons (Fsp3) is 0.368. The number of ether oxygens (including phenoxy) is 2. The van der Waals surface area contributed by atoms with Gasteiger partial charge in [-0.25, -0.2) is 0 Å². The Morgan fingerprint density at radius 1 is 1.20 bits per heavy atom. The molecule has 0 aliphatic carbocycles. The molecule has 2 N–H and O–H groups in total. The number of fused-ring (bicyclic) bond motifs is 1. The van der Waals surface area contributed by atoms with Crippen molar-refractivity contribution in [2.24, 2.45) is 5.73 Å². The highest BCUT2D eigenvalue weighted by Crippen LogP contribution is 2.44. The van der Waals surface area contributed by atoms with Gasteiger partial charge in [0.15, 0.2) is 0 Å². The number of halogens is 3. The highest BCUT2D eigenvalue weighted by atomic mass is 19.4.